The molecule has 0 aliphatic heterocycles. The molecule has 0 saturated heterocycles. The van der Waals surface area contributed by atoms with Gasteiger partial charge in [0.2, 0.25) is 5.88 Å². The standard InChI is InChI=1S/C7H9ClN2O3S2/c1-2-3-14-7-9-4-5(6(11)10-7)15(8,12)13/h4H,2-3H2,1H3,(H,9,10,11). The summed E-state index contributed by atoms with van der Waals surface area (Å²) < 4.78 is 21.8. The fourth-order valence-corrected chi connectivity index (χ4v) is 2.21. The van der Waals surface area contributed by atoms with Crippen LogP contribution in [-0.4, -0.2) is 29.2 Å². The van der Waals surface area contributed by atoms with Gasteiger partial charge in [-0.05, 0) is 6.42 Å². The Morgan fingerprint density at radius 1 is 1.60 bits per heavy atom. The molecule has 0 radical (unpaired) electrons. The molecular weight excluding hydrogens is 260 g/mol. The zero-order chi connectivity index (χ0) is 11.5. The van der Waals surface area contributed by atoms with Crippen molar-refractivity contribution in [3.8, 4) is 5.88 Å². The molecule has 0 atom stereocenters. The number of aromatic hydroxyl groups is 1. The number of rotatable bonds is 4. The molecule has 0 saturated carbocycles. The highest BCUT2D eigenvalue weighted by molar-refractivity contribution is 8.13. The van der Waals surface area contributed by atoms with Crippen molar-refractivity contribution in [2.24, 2.45) is 0 Å². The number of aromatic nitrogens is 2. The van der Waals surface area contributed by atoms with E-state index in [2.05, 4.69) is 9.97 Å². The minimum atomic E-state index is -3.98. The summed E-state index contributed by atoms with van der Waals surface area (Å²) >= 11 is 1.33. The molecule has 8 heteroatoms. The van der Waals surface area contributed by atoms with Crippen LogP contribution in [0.25, 0.3) is 0 Å². The van der Waals surface area contributed by atoms with E-state index in [0.717, 1.165) is 18.4 Å². The SMILES string of the molecule is CCCSc1ncc(S(=O)(=O)Cl)c(O)n1. The van der Waals surface area contributed by atoms with Gasteiger partial charge in [0, 0.05) is 16.4 Å². The second kappa shape index (κ2) is 5.00. The minimum Gasteiger partial charge on any atom is -0.492 e. The van der Waals surface area contributed by atoms with E-state index in [1.54, 1.807) is 0 Å². The smallest absolute Gasteiger partial charge is 0.268 e. The molecule has 1 rings (SSSR count). The lowest BCUT2D eigenvalue weighted by molar-refractivity contribution is 0.428. The molecule has 0 aliphatic carbocycles. The molecule has 0 aliphatic rings. The van der Waals surface area contributed by atoms with Crippen LogP contribution < -0.4 is 0 Å². The summed E-state index contributed by atoms with van der Waals surface area (Å²) in [6.45, 7) is 1.99. The van der Waals surface area contributed by atoms with E-state index in [4.69, 9.17) is 10.7 Å². The lowest BCUT2D eigenvalue weighted by Crippen LogP contribution is -1.96. The fraction of sp³-hybridized carbons (Fsp3) is 0.429. The van der Waals surface area contributed by atoms with E-state index >= 15 is 0 Å². The van der Waals surface area contributed by atoms with Crippen LogP contribution >= 0.6 is 22.4 Å². The number of hydrogen-bond acceptors (Lipinski definition) is 6. The predicted molar refractivity (Wildman–Crippen MR) is 57.8 cm³/mol. The van der Waals surface area contributed by atoms with Crippen LogP contribution in [0, 0.1) is 0 Å². The molecule has 1 aromatic heterocycles. The highest BCUT2D eigenvalue weighted by Gasteiger charge is 2.18. The lowest BCUT2D eigenvalue weighted by Gasteiger charge is -2.01. The second-order valence-electron chi connectivity index (χ2n) is 2.63. The molecule has 0 fully saturated rings. The quantitative estimate of drug-likeness (QED) is 0.508. The van der Waals surface area contributed by atoms with Gasteiger partial charge in [-0.2, -0.15) is 4.98 Å². The van der Waals surface area contributed by atoms with Gasteiger partial charge >= 0.3 is 0 Å². The Morgan fingerprint density at radius 3 is 2.73 bits per heavy atom. The van der Waals surface area contributed by atoms with Gasteiger partial charge < -0.3 is 5.11 Å². The zero-order valence-electron chi connectivity index (χ0n) is 7.84. The van der Waals surface area contributed by atoms with E-state index in [-0.39, 0.29) is 0 Å². The topological polar surface area (TPSA) is 80.2 Å². The predicted octanol–water partition coefficient (Wildman–Crippen LogP) is 1.61. The Bertz CT molecular complexity index is 450. The van der Waals surface area contributed by atoms with Gasteiger partial charge in [0.15, 0.2) is 10.1 Å². The molecule has 0 aromatic carbocycles. The first-order valence-corrected chi connectivity index (χ1v) is 7.38. The molecule has 0 bridgehead atoms. The number of hydrogen-bond donors (Lipinski definition) is 1. The molecule has 1 N–H and O–H groups in total. The summed E-state index contributed by atoms with van der Waals surface area (Å²) in [6.07, 6.45) is 1.94. The van der Waals surface area contributed by atoms with Gasteiger partial charge in [0.05, 0.1) is 6.20 Å². The monoisotopic (exact) mass is 268 g/mol. The van der Waals surface area contributed by atoms with Crippen molar-refractivity contribution >= 4 is 31.5 Å². The average molecular weight is 269 g/mol. The van der Waals surface area contributed by atoms with E-state index in [1.165, 1.54) is 11.8 Å². The third-order valence-electron chi connectivity index (χ3n) is 1.41. The molecule has 0 amide bonds. The zero-order valence-corrected chi connectivity index (χ0v) is 10.2. The molecular formula is C7H9ClN2O3S2. The van der Waals surface area contributed by atoms with Crippen molar-refractivity contribution < 1.29 is 13.5 Å². The second-order valence-corrected chi connectivity index (χ2v) is 6.22. The lowest BCUT2D eigenvalue weighted by atomic mass is 10.6. The maximum absolute atomic E-state index is 10.9. The van der Waals surface area contributed by atoms with E-state index in [1.807, 2.05) is 6.92 Å². The molecule has 5 nitrogen and oxygen atoms in total. The van der Waals surface area contributed by atoms with Crippen LogP contribution in [-0.2, 0) is 9.05 Å². The van der Waals surface area contributed by atoms with Crippen LogP contribution in [0.4, 0.5) is 0 Å². The fourth-order valence-electron chi connectivity index (χ4n) is 0.781. The van der Waals surface area contributed by atoms with Crippen LogP contribution in [0.2, 0.25) is 0 Å². The highest BCUT2D eigenvalue weighted by atomic mass is 35.7. The Hall–Kier alpha value is -0.530. The first-order chi connectivity index (χ1) is 6.95. The maximum Gasteiger partial charge on any atom is 0.268 e. The highest BCUT2D eigenvalue weighted by Crippen LogP contribution is 2.25. The molecule has 1 aromatic rings. The molecule has 1 heterocycles. The molecule has 0 unspecified atom stereocenters. The summed E-state index contributed by atoms with van der Waals surface area (Å²) in [6, 6.07) is 0. The van der Waals surface area contributed by atoms with E-state index in [9.17, 15) is 13.5 Å². The van der Waals surface area contributed by atoms with Gasteiger partial charge in [-0.3, -0.25) is 0 Å². The van der Waals surface area contributed by atoms with Crippen molar-refractivity contribution in [1.82, 2.24) is 9.97 Å². The summed E-state index contributed by atoms with van der Waals surface area (Å²) in [5, 5.41) is 9.63. The van der Waals surface area contributed by atoms with Crippen molar-refractivity contribution in [3.05, 3.63) is 6.20 Å². The third-order valence-corrected chi connectivity index (χ3v) is 3.79. The third kappa shape index (κ3) is 3.51. The number of halogens is 1. The van der Waals surface area contributed by atoms with E-state index < -0.39 is 19.8 Å². The summed E-state index contributed by atoms with van der Waals surface area (Å²) in [7, 11) is 1.06. The summed E-state index contributed by atoms with van der Waals surface area (Å²) in [5.74, 6) is 0.186. The Morgan fingerprint density at radius 2 is 2.27 bits per heavy atom. The van der Waals surface area contributed by atoms with Crippen LogP contribution in [0.3, 0.4) is 0 Å². The Kier molecular flexibility index (Phi) is 4.18. The van der Waals surface area contributed by atoms with E-state index in [0.29, 0.717) is 5.16 Å². The Balaban J connectivity index is 2.99. The first kappa shape index (κ1) is 12.5. The van der Waals surface area contributed by atoms with Gasteiger partial charge in [-0.1, -0.05) is 18.7 Å². The van der Waals surface area contributed by atoms with Crippen LogP contribution in [0.1, 0.15) is 13.3 Å². The largest absolute Gasteiger partial charge is 0.492 e. The normalized spacial score (nSPS) is 11.6. The molecule has 15 heavy (non-hydrogen) atoms. The summed E-state index contributed by atoms with van der Waals surface area (Å²) in [5.41, 5.74) is 0. The molecule has 84 valence electrons. The summed E-state index contributed by atoms with van der Waals surface area (Å²) in [4.78, 5) is 6.93. The molecule has 0 spiro atoms. The minimum absolute atomic E-state index is 0.332. The number of thioether (sulfide) groups is 1. The van der Waals surface area contributed by atoms with Gasteiger partial charge in [0.25, 0.3) is 9.05 Å². The van der Waals surface area contributed by atoms with Gasteiger partial charge in [-0.25, -0.2) is 13.4 Å². The average Bonchev–Trinajstić information content (AvgIpc) is 2.12. The van der Waals surface area contributed by atoms with Crippen molar-refractivity contribution in [1.29, 1.82) is 0 Å². The first-order valence-electron chi connectivity index (χ1n) is 4.08. The number of nitrogens with zero attached hydrogens (tertiary/aromatic N) is 2. The van der Waals surface area contributed by atoms with Gasteiger partial charge in [0.1, 0.15) is 0 Å². The maximum atomic E-state index is 10.9. The van der Waals surface area contributed by atoms with Crippen molar-refractivity contribution in [2.75, 3.05) is 5.75 Å². The van der Waals surface area contributed by atoms with Crippen LogP contribution in [0.15, 0.2) is 16.2 Å². The van der Waals surface area contributed by atoms with Gasteiger partial charge in [-0.15, -0.1) is 0 Å². The van der Waals surface area contributed by atoms with Crippen LogP contribution in [0.5, 0.6) is 5.88 Å². The Labute approximate surface area is 96.3 Å². The van der Waals surface area contributed by atoms with Crippen molar-refractivity contribution in [2.45, 2.75) is 23.4 Å². The van der Waals surface area contributed by atoms with Crippen molar-refractivity contribution in [3.63, 3.8) is 0 Å².